The van der Waals surface area contributed by atoms with Gasteiger partial charge in [-0.05, 0) is 43.0 Å². The number of ether oxygens (including phenoxy) is 1. The maximum Gasteiger partial charge on any atom is 0.573 e. The number of hydrogen-bond acceptors (Lipinski definition) is 4. The van der Waals surface area contributed by atoms with E-state index in [1.807, 2.05) is 0 Å². The first-order valence-corrected chi connectivity index (χ1v) is 7.46. The molecular formula is C16H15F3N2O3. The number of halogens is 3. The van der Waals surface area contributed by atoms with Crippen LogP contribution in [-0.2, 0) is 12.8 Å². The van der Waals surface area contributed by atoms with Gasteiger partial charge in [0.15, 0.2) is 5.69 Å². The molecule has 8 heteroatoms. The molecule has 1 aromatic carbocycles. The average Bonchev–Trinajstić information content (AvgIpc) is 2.91. The second kappa shape index (κ2) is 6.18. The molecule has 128 valence electrons. The quantitative estimate of drug-likeness (QED) is 0.919. The van der Waals surface area contributed by atoms with E-state index in [4.69, 9.17) is 4.52 Å². The van der Waals surface area contributed by atoms with Crippen LogP contribution in [0.1, 0.15) is 35.2 Å². The minimum Gasteiger partial charge on any atom is -0.406 e. The summed E-state index contributed by atoms with van der Waals surface area (Å²) in [7, 11) is 0. The molecule has 1 N–H and O–H groups in total. The number of nitrogens with zero attached hydrogens (tertiary/aromatic N) is 1. The second-order valence-corrected chi connectivity index (χ2v) is 5.81. The lowest BCUT2D eigenvalue weighted by molar-refractivity contribution is -0.274. The predicted molar refractivity (Wildman–Crippen MR) is 78.8 cm³/mol. The van der Waals surface area contributed by atoms with Gasteiger partial charge in [0.1, 0.15) is 11.5 Å². The highest BCUT2D eigenvalue weighted by atomic mass is 19.4. The Morgan fingerprint density at radius 2 is 2.04 bits per heavy atom. The Hall–Kier alpha value is -2.51. The minimum atomic E-state index is -4.75. The molecule has 0 aliphatic heterocycles. The van der Waals surface area contributed by atoms with Crippen LogP contribution in [0.3, 0.4) is 0 Å². The molecule has 3 rings (SSSR count). The molecule has 1 aliphatic rings. The van der Waals surface area contributed by atoms with Gasteiger partial charge in [0.05, 0.1) is 0 Å². The predicted octanol–water partition coefficient (Wildman–Crippen LogP) is 3.95. The summed E-state index contributed by atoms with van der Waals surface area (Å²) < 4.78 is 45.3. The van der Waals surface area contributed by atoms with Gasteiger partial charge in [-0.1, -0.05) is 12.1 Å². The number of benzene rings is 1. The Morgan fingerprint density at radius 1 is 1.33 bits per heavy atom. The van der Waals surface area contributed by atoms with Crippen molar-refractivity contribution in [2.45, 2.75) is 32.5 Å². The molecule has 1 unspecified atom stereocenters. The van der Waals surface area contributed by atoms with Crippen molar-refractivity contribution in [2.24, 2.45) is 5.92 Å². The number of aromatic nitrogens is 1. The van der Waals surface area contributed by atoms with E-state index in [2.05, 4.69) is 22.1 Å². The van der Waals surface area contributed by atoms with Crippen LogP contribution in [0, 0.1) is 5.92 Å². The third-order valence-corrected chi connectivity index (χ3v) is 3.85. The molecule has 0 spiro atoms. The number of nitrogens with one attached hydrogen (secondary N) is 1. The van der Waals surface area contributed by atoms with Gasteiger partial charge < -0.3 is 14.6 Å². The Kier molecular flexibility index (Phi) is 4.21. The van der Waals surface area contributed by atoms with E-state index in [1.54, 1.807) is 0 Å². The first-order valence-electron chi connectivity index (χ1n) is 7.46. The van der Waals surface area contributed by atoms with Crippen molar-refractivity contribution in [2.75, 3.05) is 5.32 Å². The molecular weight excluding hydrogens is 325 g/mol. The summed E-state index contributed by atoms with van der Waals surface area (Å²) in [5, 5.41) is 6.43. The Balaban J connectivity index is 1.70. The van der Waals surface area contributed by atoms with E-state index >= 15 is 0 Å². The summed E-state index contributed by atoms with van der Waals surface area (Å²) in [6.07, 6.45) is -2.29. The van der Waals surface area contributed by atoms with Crippen molar-refractivity contribution in [3.8, 4) is 5.75 Å². The van der Waals surface area contributed by atoms with Gasteiger partial charge in [0.2, 0.25) is 0 Å². The summed E-state index contributed by atoms with van der Waals surface area (Å²) in [5.74, 6) is 0.376. The highest BCUT2D eigenvalue weighted by Crippen LogP contribution is 2.29. The van der Waals surface area contributed by atoms with Crippen LogP contribution in [0.2, 0.25) is 0 Å². The van der Waals surface area contributed by atoms with E-state index in [-0.39, 0.29) is 11.4 Å². The molecule has 0 radical (unpaired) electrons. The van der Waals surface area contributed by atoms with Gasteiger partial charge >= 0.3 is 6.36 Å². The first kappa shape index (κ1) is 16.4. The summed E-state index contributed by atoms with van der Waals surface area (Å²) in [6.45, 7) is 2.09. The zero-order valence-electron chi connectivity index (χ0n) is 12.8. The largest absolute Gasteiger partial charge is 0.573 e. The van der Waals surface area contributed by atoms with Crippen LogP contribution in [0.4, 0.5) is 18.9 Å². The molecule has 1 heterocycles. The van der Waals surface area contributed by atoms with Gasteiger partial charge in [0, 0.05) is 17.7 Å². The molecule has 5 nitrogen and oxygen atoms in total. The fraction of sp³-hybridized carbons (Fsp3) is 0.375. The topological polar surface area (TPSA) is 64.4 Å². The van der Waals surface area contributed by atoms with Crippen LogP contribution in [-0.4, -0.2) is 17.4 Å². The number of hydrogen-bond donors (Lipinski definition) is 1. The van der Waals surface area contributed by atoms with Gasteiger partial charge in [-0.3, -0.25) is 4.79 Å². The summed E-state index contributed by atoms with van der Waals surface area (Å²) in [5.41, 5.74) is 1.38. The van der Waals surface area contributed by atoms with Crippen LogP contribution >= 0.6 is 0 Å². The van der Waals surface area contributed by atoms with Crippen LogP contribution in [0.25, 0.3) is 0 Å². The Labute approximate surface area is 135 Å². The smallest absolute Gasteiger partial charge is 0.406 e. The van der Waals surface area contributed by atoms with Crippen molar-refractivity contribution < 1.29 is 27.2 Å². The molecule has 2 aromatic rings. The summed E-state index contributed by atoms with van der Waals surface area (Å²) >= 11 is 0. The van der Waals surface area contributed by atoms with Crippen LogP contribution in [0.5, 0.6) is 5.75 Å². The third kappa shape index (κ3) is 3.69. The molecule has 24 heavy (non-hydrogen) atoms. The lowest BCUT2D eigenvalue weighted by Crippen LogP contribution is -2.18. The molecule has 1 aliphatic carbocycles. The number of amides is 1. The van der Waals surface area contributed by atoms with E-state index in [0.717, 1.165) is 42.7 Å². The number of aryl methyl sites for hydroxylation is 1. The lowest BCUT2D eigenvalue weighted by atomic mass is 9.88. The van der Waals surface area contributed by atoms with Gasteiger partial charge in [0.25, 0.3) is 5.91 Å². The van der Waals surface area contributed by atoms with Crippen molar-refractivity contribution in [3.63, 3.8) is 0 Å². The zero-order valence-corrected chi connectivity index (χ0v) is 12.8. The monoisotopic (exact) mass is 340 g/mol. The highest BCUT2D eigenvalue weighted by molar-refractivity contribution is 6.04. The van der Waals surface area contributed by atoms with Gasteiger partial charge in [-0.15, -0.1) is 13.2 Å². The third-order valence-electron chi connectivity index (χ3n) is 3.85. The Bertz CT molecular complexity index is 738. The van der Waals surface area contributed by atoms with E-state index < -0.39 is 12.3 Å². The van der Waals surface area contributed by atoms with Crippen LogP contribution < -0.4 is 10.1 Å². The number of carbonyl (C=O) groups excluding carboxylic acids is 1. The molecule has 1 amide bonds. The Morgan fingerprint density at radius 3 is 2.71 bits per heavy atom. The number of fused-ring (bicyclic) bond motifs is 1. The van der Waals surface area contributed by atoms with Gasteiger partial charge in [-0.2, -0.15) is 0 Å². The van der Waals surface area contributed by atoms with E-state index in [0.29, 0.717) is 11.6 Å². The fourth-order valence-corrected chi connectivity index (χ4v) is 2.69. The lowest BCUT2D eigenvalue weighted by Gasteiger charge is -2.16. The zero-order chi connectivity index (χ0) is 17.3. The summed E-state index contributed by atoms with van der Waals surface area (Å²) in [4.78, 5) is 12.3. The van der Waals surface area contributed by atoms with Crippen LogP contribution in [0.15, 0.2) is 28.8 Å². The molecule has 1 atom stereocenters. The van der Waals surface area contributed by atoms with E-state index in [1.165, 1.54) is 12.1 Å². The SMILES string of the molecule is CC1CCc2onc(C(=O)Nc3ccc(OC(F)(F)F)cc3)c2C1. The fourth-order valence-electron chi connectivity index (χ4n) is 2.69. The maximum atomic E-state index is 12.3. The number of anilines is 1. The number of carbonyl (C=O) groups is 1. The average molecular weight is 340 g/mol. The summed E-state index contributed by atoms with van der Waals surface area (Å²) in [6, 6.07) is 4.91. The van der Waals surface area contributed by atoms with E-state index in [9.17, 15) is 18.0 Å². The standard InChI is InChI=1S/C16H15F3N2O3/c1-9-2-7-13-12(8-9)14(21-24-13)15(22)20-10-3-5-11(6-4-10)23-16(17,18)19/h3-6,9H,2,7-8H2,1H3,(H,20,22). The molecule has 0 fully saturated rings. The van der Waals surface area contributed by atoms with Crippen molar-refractivity contribution in [1.29, 1.82) is 0 Å². The van der Waals surface area contributed by atoms with Gasteiger partial charge in [-0.25, -0.2) is 0 Å². The molecule has 0 bridgehead atoms. The molecule has 1 aromatic heterocycles. The van der Waals surface area contributed by atoms with Crippen molar-refractivity contribution >= 4 is 11.6 Å². The number of alkyl halides is 3. The maximum absolute atomic E-state index is 12.3. The molecule has 0 saturated carbocycles. The van der Waals surface area contributed by atoms with Crippen molar-refractivity contribution in [3.05, 3.63) is 41.3 Å². The molecule has 0 saturated heterocycles. The minimum absolute atomic E-state index is 0.229. The number of rotatable bonds is 3. The van der Waals surface area contributed by atoms with Crippen molar-refractivity contribution in [1.82, 2.24) is 5.16 Å². The normalized spacial score (nSPS) is 17.2. The second-order valence-electron chi connectivity index (χ2n) is 5.81. The first-order chi connectivity index (χ1) is 11.3. The highest BCUT2D eigenvalue weighted by Gasteiger charge is 2.31.